The van der Waals surface area contributed by atoms with Gasteiger partial charge in [-0.15, -0.1) is 0 Å². The third-order valence-corrected chi connectivity index (χ3v) is 2.65. The zero-order valence-electron chi connectivity index (χ0n) is 5.43. The molecule has 0 aromatic heterocycles. The van der Waals surface area contributed by atoms with E-state index in [0.29, 0.717) is 6.79 Å². The summed E-state index contributed by atoms with van der Waals surface area (Å²) in [6.45, 7) is 0.335. The molecule has 1 aliphatic heterocycles. The van der Waals surface area contributed by atoms with Gasteiger partial charge in [-0.1, -0.05) is 15.9 Å². The minimum absolute atomic E-state index is 0.335. The molecule has 0 radical (unpaired) electrons. The van der Waals surface area contributed by atoms with Crippen molar-refractivity contribution in [2.75, 3.05) is 6.79 Å². The molecule has 0 saturated carbocycles. The van der Waals surface area contributed by atoms with Crippen LogP contribution in [0.3, 0.4) is 0 Å². The van der Waals surface area contributed by atoms with Crippen molar-refractivity contribution in [2.45, 2.75) is 0 Å². The smallest absolute Gasteiger partial charge is 0.231 e. The van der Waals surface area contributed by atoms with Gasteiger partial charge in [-0.25, -0.2) is 0 Å². The van der Waals surface area contributed by atoms with E-state index in [1.54, 1.807) is 0 Å². The molecule has 1 aromatic rings. The number of fused-ring (bicyclic) bond motifs is 1. The fourth-order valence-corrected chi connectivity index (χ4v) is 2.56. The highest BCUT2D eigenvalue weighted by Gasteiger charge is 2.16. The molecule has 1 aromatic carbocycles. The molecule has 2 nitrogen and oxygen atoms in total. The molecule has 4 heteroatoms. The molecule has 0 spiro atoms. The maximum atomic E-state index is 5.23. The number of benzene rings is 1. The Balaban J connectivity index is 2.60. The van der Waals surface area contributed by atoms with Crippen LogP contribution < -0.4 is 9.47 Å². The molecule has 0 N–H and O–H groups in total. The van der Waals surface area contributed by atoms with Gasteiger partial charge in [0.2, 0.25) is 6.79 Å². The summed E-state index contributed by atoms with van der Waals surface area (Å²) in [5.74, 6) is 1.68. The van der Waals surface area contributed by atoms with E-state index in [1.807, 2.05) is 12.1 Å². The topological polar surface area (TPSA) is 18.5 Å². The lowest BCUT2D eigenvalue weighted by Crippen LogP contribution is -1.93. The zero-order chi connectivity index (χ0) is 7.84. The Bertz CT molecular complexity index is 301. The molecule has 0 amide bonds. The second kappa shape index (κ2) is 2.82. The lowest BCUT2D eigenvalue weighted by molar-refractivity contribution is 0.173. The Labute approximate surface area is 86.1 Å². The largest absolute Gasteiger partial charge is 0.454 e. The number of hydrogen-bond donors (Lipinski definition) is 0. The predicted molar refractivity (Wildman–Crippen MR) is 53.0 cm³/mol. The highest BCUT2D eigenvalue weighted by molar-refractivity contribution is 14.1. The van der Waals surface area contributed by atoms with Gasteiger partial charge in [0, 0.05) is 4.47 Å². The van der Waals surface area contributed by atoms with Gasteiger partial charge in [0.15, 0.2) is 11.5 Å². The highest BCUT2D eigenvalue weighted by atomic mass is 127. The van der Waals surface area contributed by atoms with Gasteiger partial charge >= 0.3 is 0 Å². The van der Waals surface area contributed by atoms with Gasteiger partial charge in [0.05, 0.1) is 3.57 Å². The molecule has 58 valence electrons. The van der Waals surface area contributed by atoms with Crippen LogP contribution in [0.5, 0.6) is 11.5 Å². The van der Waals surface area contributed by atoms with E-state index in [2.05, 4.69) is 38.5 Å². The first-order valence-corrected chi connectivity index (χ1v) is 4.89. The molecule has 0 atom stereocenters. The van der Waals surface area contributed by atoms with Crippen molar-refractivity contribution < 1.29 is 9.47 Å². The average molecular weight is 327 g/mol. The van der Waals surface area contributed by atoms with Crippen molar-refractivity contribution in [3.63, 3.8) is 0 Å². The summed E-state index contributed by atoms with van der Waals surface area (Å²) in [7, 11) is 0. The van der Waals surface area contributed by atoms with Crippen molar-refractivity contribution in [2.24, 2.45) is 0 Å². The molecule has 0 aliphatic carbocycles. The molecule has 1 heterocycles. The van der Waals surface area contributed by atoms with E-state index in [0.717, 1.165) is 19.5 Å². The molecule has 0 unspecified atom stereocenters. The number of ether oxygens (including phenoxy) is 2. The van der Waals surface area contributed by atoms with Gasteiger partial charge in [-0.05, 0) is 34.7 Å². The van der Waals surface area contributed by atoms with Crippen LogP contribution in [0.1, 0.15) is 0 Å². The van der Waals surface area contributed by atoms with Gasteiger partial charge in [-0.3, -0.25) is 0 Å². The number of hydrogen-bond acceptors (Lipinski definition) is 2. The fraction of sp³-hybridized carbons (Fsp3) is 0.143. The summed E-state index contributed by atoms with van der Waals surface area (Å²) in [4.78, 5) is 0. The van der Waals surface area contributed by atoms with E-state index in [1.165, 1.54) is 0 Å². The summed E-state index contributed by atoms with van der Waals surface area (Å²) in [5, 5.41) is 0. The summed E-state index contributed by atoms with van der Waals surface area (Å²) < 4.78 is 12.5. The maximum absolute atomic E-state index is 5.23. The SMILES string of the molecule is Brc1cc(I)c2c(c1)OCO2. The lowest BCUT2D eigenvalue weighted by Gasteiger charge is -1.98. The molecule has 0 bridgehead atoms. The van der Waals surface area contributed by atoms with Crippen LogP contribution in [0.15, 0.2) is 16.6 Å². The van der Waals surface area contributed by atoms with Crippen molar-refractivity contribution in [3.8, 4) is 11.5 Å². The molecular formula is C7H4BrIO2. The molecule has 2 rings (SSSR count). The van der Waals surface area contributed by atoms with Crippen molar-refractivity contribution in [1.29, 1.82) is 0 Å². The Kier molecular flexibility index (Phi) is 1.97. The Morgan fingerprint density at radius 1 is 1.36 bits per heavy atom. The summed E-state index contributed by atoms with van der Waals surface area (Å²) >= 11 is 5.59. The van der Waals surface area contributed by atoms with E-state index < -0.39 is 0 Å². The van der Waals surface area contributed by atoms with E-state index >= 15 is 0 Å². The van der Waals surface area contributed by atoms with Crippen molar-refractivity contribution in [1.82, 2.24) is 0 Å². The van der Waals surface area contributed by atoms with Gasteiger partial charge < -0.3 is 9.47 Å². The Morgan fingerprint density at radius 3 is 3.00 bits per heavy atom. The Morgan fingerprint density at radius 2 is 2.18 bits per heavy atom. The fourth-order valence-electron chi connectivity index (χ4n) is 0.936. The first-order chi connectivity index (χ1) is 5.27. The minimum atomic E-state index is 0.335. The van der Waals surface area contributed by atoms with Crippen molar-refractivity contribution >= 4 is 38.5 Å². The lowest BCUT2D eigenvalue weighted by atomic mass is 10.3. The van der Waals surface area contributed by atoms with Crippen LogP contribution in [0.25, 0.3) is 0 Å². The van der Waals surface area contributed by atoms with Crippen LogP contribution in [0, 0.1) is 3.57 Å². The van der Waals surface area contributed by atoms with Crippen LogP contribution in [-0.2, 0) is 0 Å². The third kappa shape index (κ3) is 1.33. The maximum Gasteiger partial charge on any atom is 0.231 e. The molecule has 11 heavy (non-hydrogen) atoms. The first kappa shape index (κ1) is 7.67. The molecule has 1 aliphatic rings. The summed E-state index contributed by atoms with van der Waals surface area (Å²) in [6, 6.07) is 3.90. The van der Waals surface area contributed by atoms with Crippen LogP contribution in [-0.4, -0.2) is 6.79 Å². The quantitative estimate of drug-likeness (QED) is 0.683. The van der Waals surface area contributed by atoms with Crippen molar-refractivity contribution in [3.05, 3.63) is 20.2 Å². The second-order valence-electron chi connectivity index (χ2n) is 2.12. The number of halogens is 2. The Hall–Kier alpha value is 0.0300. The first-order valence-electron chi connectivity index (χ1n) is 3.02. The van der Waals surface area contributed by atoms with E-state index in [9.17, 15) is 0 Å². The molecular weight excluding hydrogens is 323 g/mol. The number of rotatable bonds is 0. The third-order valence-electron chi connectivity index (χ3n) is 1.39. The minimum Gasteiger partial charge on any atom is -0.454 e. The summed E-state index contributed by atoms with van der Waals surface area (Å²) in [5.41, 5.74) is 0. The summed E-state index contributed by atoms with van der Waals surface area (Å²) in [6.07, 6.45) is 0. The van der Waals surface area contributed by atoms with E-state index in [-0.39, 0.29) is 0 Å². The normalized spacial score (nSPS) is 13.6. The van der Waals surface area contributed by atoms with Gasteiger partial charge in [0.1, 0.15) is 0 Å². The predicted octanol–water partition coefficient (Wildman–Crippen LogP) is 2.78. The average Bonchev–Trinajstić information content (AvgIpc) is 2.34. The van der Waals surface area contributed by atoms with Crippen LogP contribution in [0.2, 0.25) is 0 Å². The standard InChI is InChI=1S/C7H4BrIO2/c8-4-1-5(9)7-6(2-4)10-3-11-7/h1-2H,3H2. The van der Waals surface area contributed by atoms with E-state index in [4.69, 9.17) is 9.47 Å². The monoisotopic (exact) mass is 326 g/mol. The zero-order valence-corrected chi connectivity index (χ0v) is 9.18. The second-order valence-corrected chi connectivity index (χ2v) is 4.20. The van der Waals surface area contributed by atoms with Gasteiger partial charge in [0.25, 0.3) is 0 Å². The highest BCUT2D eigenvalue weighted by Crippen LogP contribution is 2.38. The van der Waals surface area contributed by atoms with Crippen LogP contribution in [0.4, 0.5) is 0 Å². The van der Waals surface area contributed by atoms with Gasteiger partial charge in [-0.2, -0.15) is 0 Å². The molecule has 0 fully saturated rings. The molecule has 0 saturated heterocycles. The van der Waals surface area contributed by atoms with Crippen LogP contribution >= 0.6 is 38.5 Å².